The molecule has 166 valence electrons. The molecule has 0 aliphatic carbocycles. The van der Waals surface area contributed by atoms with E-state index in [0.717, 1.165) is 12.1 Å². The topological polar surface area (TPSA) is 59.0 Å². The number of allylic oxidation sites excluding steroid dienone is 1. The molecule has 1 atom stereocenters. The fourth-order valence-electron chi connectivity index (χ4n) is 3.51. The maximum atomic E-state index is 13.4. The number of halogens is 4. The molecular formula is C22H21F4NO4. The first-order valence-corrected chi connectivity index (χ1v) is 9.40. The standard InChI is InChI=1S/C22H21F4NO4/c1-13-17-8-5-15(22(24,25)26)11-18(17)27(12-14-3-6-16(23)7-4-14)20(19(13)21(28)29)31-10-9-30-2/h3-8,11,20H,9-10,12H2,1-2H3,(H,28,29). The van der Waals surface area contributed by atoms with E-state index in [1.165, 1.54) is 49.3 Å². The van der Waals surface area contributed by atoms with Crippen LogP contribution in [0.25, 0.3) is 5.57 Å². The highest BCUT2D eigenvalue weighted by Gasteiger charge is 2.38. The van der Waals surface area contributed by atoms with E-state index < -0.39 is 29.8 Å². The molecule has 3 rings (SSSR count). The van der Waals surface area contributed by atoms with Crippen molar-refractivity contribution in [3.05, 3.63) is 70.5 Å². The van der Waals surface area contributed by atoms with Crippen molar-refractivity contribution in [1.82, 2.24) is 0 Å². The molecule has 0 bridgehead atoms. The van der Waals surface area contributed by atoms with E-state index in [1.54, 1.807) is 0 Å². The Kier molecular flexibility index (Phi) is 6.66. The van der Waals surface area contributed by atoms with Crippen molar-refractivity contribution in [3.63, 3.8) is 0 Å². The molecule has 31 heavy (non-hydrogen) atoms. The fraction of sp³-hybridized carbons (Fsp3) is 0.318. The SMILES string of the molecule is COCCOC1C(C(=O)O)=C(C)c2ccc(C(F)(F)F)cc2N1Cc1ccc(F)cc1. The van der Waals surface area contributed by atoms with Gasteiger partial charge in [-0.3, -0.25) is 0 Å². The first kappa shape index (κ1) is 22.8. The summed E-state index contributed by atoms with van der Waals surface area (Å²) in [6.07, 6.45) is -5.73. The summed E-state index contributed by atoms with van der Waals surface area (Å²) in [7, 11) is 1.45. The maximum Gasteiger partial charge on any atom is 0.416 e. The number of rotatable bonds is 7. The third-order valence-electron chi connectivity index (χ3n) is 5.03. The molecule has 0 radical (unpaired) electrons. The highest BCUT2D eigenvalue weighted by molar-refractivity contribution is 6.01. The summed E-state index contributed by atoms with van der Waals surface area (Å²) in [6.45, 7) is 1.75. The lowest BCUT2D eigenvalue weighted by Gasteiger charge is -2.40. The predicted octanol–water partition coefficient (Wildman–Crippen LogP) is 4.71. The fourth-order valence-corrected chi connectivity index (χ4v) is 3.51. The minimum Gasteiger partial charge on any atom is -0.478 e. The zero-order chi connectivity index (χ0) is 22.8. The van der Waals surface area contributed by atoms with Gasteiger partial charge in [-0.05, 0) is 42.3 Å². The number of methoxy groups -OCH3 is 1. The lowest BCUT2D eigenvalue weighted by molar-refractivity contribution is -0.138. The van der Waals surface area contributed by atoms with Crippen molar-refractivity contribution in [3.8, 4) is 0 Å². The molecule has 1 unspecified atom stereocenters. The number of hydrogen-bond acceptors (Lipinski definition) is 4. The predicted molar refractivity (Wildman–Crippen MR) is 106 cm³/mol. The molecule has 0 saturated carbocycles. The van der Waals surface area contributed by atoms with Crippen LogP contribution in [0.15, 0.2) is 48.0 Å². The largest absolute Gasteiger partial charge is 0.478 e. The number of carboxylic acids is 1. The number of ether oxygens (including phenoxy) is 2. The second kappa shape index (κ2) is 9.07. The molecule has 2 aromatic carbocycles. The van der Waals surface area contributed by atoms with Crippen molar-refractivity contribution < 1.29 is 36.9 Å². The number of hydrogen-bond donors (Lipinski definition) is 1. The minimum atomic E-state index is -4.58. The zero-order valence-electron chi connectivity index (χ0n) is 16.9. The van der Waals surface area contributed by atoms with Crippen LogP contribution >= 0.6 is 0 Å². The van der Waals surface area contributed by atoms with Gasteiger partial charge in [-0.15, -0.1) is 0 Å². The molecular weight excluding hydrogens is 418 g/mol. The van der Waals surface area contributed by atoms with Crippen molar-refractivity contribution in [2.45, 2.75) is 25.9 Å². The Hall–Kier alpha value is -2.91. The average Bonchev–Trinajstić information content (AvgIpc) is 2.71. The lowest BCUT2D eigenvalue weighted by Crippen LogP contribution is -2.44. The molecule has 1 aliphatic heterocycles. The molecule has 0 amide bonds. The van der Waals surface area contributed by atoms with E-state index in [4.69, 9.17) is 9.47 Å². The van der Waals surface area contributed by atoms with Gasteiger partial charge in [0.15, 0.2) is 6.23 Å². The molecule has 0 saturated heterocycles. The van der Waals surface area contributed by atoms with Crippen LogP contribution in [0.5, 0.6) is 0 Å². The van der Waals surface area contributed by atoms with E-state index in [2.05, 4.69) is 0 Å². The van der Waals surface area contributed by atoms with Gasteiger partial charge in [0.2, 0.25) is 0 Å². The van der Waals surface area contributed by atoms with E-state index in [0.29, 0.717) is 16.7 Å². The van der Waals surface area contributed by atoms with Gasteiger partial charge >= 0.3 is 12.1 Å². The Morgan fingerprint density at radius 2 is 1.81 bits per heavy atom. The molecule has 9 heteroatoms. The summed E-state index contributed by atoms with van der Waals surface area (Å²) >= 11 is 0. The van der Waals surface area contributed by atoms with Crippen LogP contribution in [-0.2, 0) is 27.0 Å². The van der Waals surface area contributed by atoms with Gasteiger partial charge in [0.25, 0.3) is 0 Å². The molecule has 0 spiro atoms. The van der Waals surface area contributed by atoms with Crippen LogP contribution in [0.1, 0.15) is 23.6 Å². The first-order valence-electron chi connectivity index (χ1n) is 9.40. The van der Waals surface area contributed by atoms with Crippen LogP contribution < -0.4 is 4.90 Å². The molecule has 0 fully saturated rings. The second-order valence-corrected chi connectivity index (χ2v) is 7.04. The Morgan fingerprint density at radius 3 is 2.39 bits per heavy atom. The van der Waals surface area contributed by atoms with Crippen LogP contribution in [-0.4, -0.2) is 37.6 Å². The number of nitrogens with zero attached hydrogens (tertiary/aromatic N) is 1. The molecule has 2 aromatic rings. The third kappa shape index (κ3) is 4.88. The summed E-state index contributed by atoms with van der Waals surface area (Å²) in [5.41, 5.74) is 0.495. The zero-order valence-corrected chi connectivity index (χ0v) is 16.9. The second-order valence-electron chi connectivity index (χ2n) is 7.04. The van der Waals surface area contributed by atoms with E-state index in [-0.39, 0.29) is 31.0 Å². The van der Waals surface area contributed by atoms with E-state index in [1.807, 2.05) is 0 Å². The summed E-state index contributed by atoms with van der Waals surface area (Å²) < 4.78 is 64.2. The Balaban J connectivity index is 2.16. The van der Waals surface area contributed by atoms with Crippen LogP contribution in [0.3, 0.4) is 0 Å². The van der Waals surface area contributed by atoms with Crippen molar-refractivity contribution in [2.24, 2.45) is 0 Å². The highest BCUT2D eigenvalue weighted by Crippen LogP contribution is 2.42. The smallest absolute Gasteiger partial charge is 0.416 e. The highest BCUT2D eigenvalue weighted by atomic mass is 19.4. The minimum absolute atomic E-state index is 0.0102. The number of carboxylic acid groups (broad SMARTS) is 1. The van der Waals surface area contributed by atoms with Crippen LogP contribution in [0.4, 0.5) is 23.2 Å². The summed E-state index contributed by atoms with van der Waals surface area (Å²) in [6, 6.07) is 8.59. The van der Waals surface area contributed by atoms with Crippen molar-refractivity contribution >= 4 is 17.2 Å². The lowest BCUT2D eigenvalue weighted by atomic mass is 9.91. The molecule has 1 heterocycles. The molecule has 1 N–H and O–H groups in total. The van der Waals surface area contributed by atoms with Crippen molar-refractivity contribution in [1.29, 1.82) is 0 Å². The van der Waals surface area contributed by atoms with E-state index in [9.17, 15) is 27.5 Å². The van der Waals surface area contributed by atoms with Crippen LogP contribution in [0, 0.1) is 5.82 Å². The van der Waals surface area contributed by atoms with Gasteiger partial charge in [0.05, 0.1) is 24.4 Å². The summed E-state index contributed by atoms with van der Waals surface area (Å²) in [4.78, 5) is 13.5. The first-order chi connectivity index (χ1) is 14.6. The number of benzene rings is 2. The van der Waals surface area contributed by atoms with Gasteiger partial charge in [-0.25, -0.2) is 9.18 Å². The molecule has 5 nitrogen and oxygen atoms in total. The van der Waals surface area contributed by atoms with Gasteiger partial charge in [0, 0.05) is 24.9 Å². The van der Waals surface area contributed by atoms with Crippen LogP contribution in [0.2, 0.25) is 0 Å². The maximum absolute atomic E-state index is 13.4. The summed E-state index contributed by atoms with van der Waals surface area (Å²) in [5.74, 6) is -1.70. The number of anilines is 1. The van der Waals surface area contributed by atoms with Gasteiger partial charge in [-0.1, -0.05) is 18.2 Å². The van der Waals surface area contributed by atoms with Gasteiger partial charge < -0.3 is 19.5 Å². The monoisotopic (exact) mass is 439 g/mol. The quantitative estimate of drug-likeness (QED) is 0.500. The Bertz CT molecular complexity index is 986. The van der Waals surface area contributed by atoms with Crippen molar-refractivity contribution in [2.75, 3.05) is 25.2 Å². The number of aliphatic carboxylic acids is 1. The number of fused-ring (bicyclic) bond motifs is 1. The number of carbonyl (C=O) groups is 1. The number of alkyl halides is 3. The average molecular weight is 439 g/mol. The molecule has 0 aromatic heterocycles. The summed E-state index contributed by atoms with van der Waals surface area (Å²) in [5, 5.41) is 9.84. The van der Waals surface area contributed by atoms with E-state index >= 15 is 0 Å². The third-order valence-corrected chi connectivity index (χ3v) is 5.03. The van der Waals surface area contributed by atoms with Gasteiger partial charge in [0.1, 0.15) is 5.82 Å². The Labute approximate surface area is 176 Å². The normalized spacial score (nSPS) is 16.5. The molecule has 1 aliphatic rings. The Morgan fingerprint density at radius 1 is 1.13 bits per heavy atom. The van der Waals surface area contributed by atoms with Gasteiger partial charge in [-0.2, -0.15) is 13.2 Å².